The molecule has 0 aromatic heterocycles. The Morgan fingerprint density at radius 1 is 0.978 bits per heavy atom. The van der Waals surface area contributed by atoms with E-state index in [2.05, 4.69) is 5.32 Å². The van der Waals surface area contributed by atoms with Crippen molar-refractivity contribution in [2.24, 2.45) is 0 Å². The highest BCUT2D eigenvalue weighted by atomic mass is 35.5. The molecule has 244 valence electrons. The maximum Gasteiger partial charge on any atom is 0.416 e. The minimum absolute atomic E-state index is 0.0297. The molecule has 0 bridgehead atoms. The first-order chi connectivity index (χ1) is 21.1. The van der Waals surface area contributed by atoms with Gasteiger partial charge in [0, 0.05) is 42.0 Å². The summed E-state index contributed by atoms with van der Waals surface area (Å²) in [6, 6.07) is 16.9. The molecular weight excluding hydrogens is 650 g/mol. The first-order valence-electron chi connectivity index (χ1n) is 14.3. The topological polar surface area (TPSA) is 86.8 Å². The van der Waals surface area contributed by atoms with E-state index < -0.39 is 33.7 Å². The molecule has 1 N–H and O–H groups in total. The van der Waals surface area contributed by atoms with Crippen LogP contribution in [0.5, 0.6) is 0 Å². The average molecular weight is 687 g/mol. The lowest BCUT2D eigenvalue weighted by molar-refractivity contribution is -0.141. The molecule has 3 rings (SSSR count). The van der Waals surface area contributed by atoms with Crippen LogP contribution in [0.25, 0.3) is 0 Å². The smallest absolute Gasteiger partial charge is 0.352 e. The summed E-state index contributed by atoms with van der Waals surface area (Å²) in [4.78, 5) is 29.0. The highest BCUT2D eigenvalue weighted by Crippen LogP contribution is 2.32. The Balaban J connectivity index is 1.93. The molecule has 13 heteroatoms. The first-order valence-corrected chi connectivity index (χ1v) is 16.9. The molecule has 0 heterocycles. The number of carbonyl (C=O) groups excluding carboxylic acids is 2. The second-order valence-corrected chi connectivity index (χ2v) is 13.5. The number of sulfonamides is 1. The maximum absolute atomic E-state index is 13.9. The zero-order valence-corrected chi connectivity index (χ0v) is 27.5. The number of carbonyl (C=O) groups is 2. The molecule has 0 aliphatic carbocycles. The van der Waals surface area contributed by atoms with Crippen molar-refractivity contribution in [3.8, 4) is 0 Å². The molecule has 0 spiro atoms. The van der Waals surface area contributed by atoms with Crippen LogP contribution in [0, 0.1) is 0 Å². The summed E-state index contributed by atoms with van der Waals surface area (Å²) in [5, 5.41) is 3.66. The lowest BCUT2D eigenvalue weighted by Gasteiger charge is -2.33. The molecule has 0 saturated carbocycles. The van der Waals surface area contributed by atoms with Crippen LogP contribution in [0.1, 0.15) is 49.8 Å². The van der Waals surface area contributed by atoms with Crippen LogP contribution in [-0.4, -0.2) is 50.0 Å². The van der Waals surface area contributed by atoms with Gasteiger partial charge in [0.25, 0.3) is 0 Å². The Labute approximate surface area is 272 Å². The van der Waals surface area contributed by atoms with Gasteiger partial charge in [0.1, 0.15) is 6.04 Å². The van der Waals surface area contributed by atoms with Gasteiger partial charge in [0.15, 0.2) is 0 Å². The molecule has 0 aliphatic heterocycles. The highest BCUT2D eigenvalue weighted by Gasteiger charge is 2.33. The Morgan fingerprint density at radius 3 is 2.27 bits per heavy atom. The zero-order valence-electron chi connectivity index (χ0n) is 25.2. The Bertz CT molecular complexity index is 1570. The fourth-order valence-corrected chi connectivity index (χ4v) is 6.10. The van der Waals surface area contributed by atoms with Crippen LogP contribution in [0.3, 0.4) is 0 Å². The van der Waals surface area contributed by atoms with Crippen LogP contribution in [-0.2, 0) is 38.8 Å². The van der Waals surface area contributed by atoms with Gasteiger partial charge in [0.05, 0.1) is 17.5 Å². The molecule has 0 aliphatic rings. The minimum Gasteiger partial charge on any atom is -0.352 e. The zero-order chi connectivity index (χ0) is 33.4. The largest absolute Gasteiger partial charge is 0.416 e. The fraction of sp³-hybridized carbons (Fsp3) is 0.375. The van der Waals surface area contributed by atoms with Gasteiger partial charge in [0.2, 0.25) is 21.8 Å². The number of hydrogen-bond acceptors (Lipinski definition) is 4. The van der Waals surface area contributed by atoms with Crippen molar-refractivity contribution >= 4 is 50.7 Å². The molecule has 0 fully saturated rings. The van der Waals surface area contributed by atoms with Crippen molar-refractivity contribution in [3.63, 3.8) is 0 Å². The summed E-state index contributed by atoms with van der Waals surface area (Å²) in [5.41, 5.74) is 0.200. The maximum atomic E-state index is 13.9. The summed E-state index contributed by atoms with van der Waals surface area (Å²) in [6.07, 6.45) is -3.14. The monoisotopic (exact) mass is 685 g/mol. The predicted molar refractivity (Wildman–Crippen MR) is 172 cm³/mol. The normalized spacial score (nSPS) is 13.2. The quantitative estimate of drug-likeness (QED) is 0.196. The molecule has 45 heavy (non-hydrogen) atoms. The van der Waals surface area contributed by atoms with Crippen LogP contribution in [0.2, 0.25) is 10.0 Å². The third-order valence-electron chi connectivity index (χ3n) is 7.24. The molecule has 0 radical (unpaired) electrons. The number of nitrogens with one attached hydrogen (secondary N) is 1. The summed E-state index contributed by atoms with van der Waals surface area (Å²) >= 11 is 12.5. The van der Waals surface area contributed by atoms with Gasteiger partial charge < -0.3 is 10.2 Å². The number of anilines is 1. The van der Waals surface area contributed by atoms with E-state index in [9.17, 15) is 31.2 Å². The highest BCUT2D eigenvalue weighted by molar-refractivity contribution is 7.92. The van der Waals surface area contributed by atoms with Crippen LogP contribution < -0.4 is 9.62 Å². The molecule has 2 unspecified atom stereocenters. The van der Waals surface area contributed by atoms with Crippen molar-refractivity contribution in [1.29, 1.82) is 0 Å². The standard InChI is InChI=1S/C32H36Cl2F3N3O4S/c1-4-22(2)38-31(42)29(18-23-10-6-5-7-11-23)39(21-24-15-16-26(33)20-28(24)34)30(41)14-9-17-40(45(3,43)44)27-13-8-12-25(19-27)32(35,36)37/h5-8,10-13,15-16,19-20,22,29H,4,9,14,17-18,21H2,1-3H3,(H,38,42). The van der Waals surface area contributed by atoms with Gasteiger partial charge in [-0.2, -0.15) is 13.2 Å². The van der Waals surface area contributed by atoms with E-state index >= 15 is 0 Å². The van der Waals surface area contributed by atoms with Crippen molar-refractivity contribution in [2.45, 2.75) is 64.3 Å². The van der Waals surface area contributed by atoms with Crippen molar-refractivity contribution < 1.29 is 31.2 Å². The van der Waals surface area contributed by atoms with Crippen molar-refractivity contribution in [2.75, 3.05) is 17.1 Å². The number of nitrogens with zero attached hydrogens (tertiary/aromatic N) is 2. The van der Waals surface area contributed by atoms with E-state index in [4.69, 9.17) is 23.2 Å². The average Bonchev–Trinajstić information content (AvgIpc) is 2.97. The summed E-state index contributed by atoms with van der Waals surface area (Å²) in [7, 11) is -4.00. The minimum atomic E-state index is -4.66. The Morgan fingerprint density at radius 2 is 1.67 bits per heavy atom. The first kappa shape index (κ1) is 36.2. The third kappa shape index (κ3) is 10.6. The van der Waals surface area contributed by atoms with E-state index in [1.54, 1.807) is 12.1 Å². The predicted octanol–water partition coefficient (Wildman–Crippen LogP) is 7.11. The molecule has 7 nitrogen and oxygen atoms in total. The van der Waals surface area contributed by atoms with Gasteiger partial charge in [-0.15, -0.1) is 0 Å². The molecule has 0 saturated heterocycles. The number of halogens is 5. The van der Waals surface area contributed by atoms with Gasteiger partial charge in [-0.3, -0.25) is 13.9 Å². The lowest BCUT2D eigenvalue weighted by atomic mass is 10.0. The van der Waals surface area contributed by atoms with Crippen LogP contribution >= 0.6 is 23.2 Å². The van der Waals surface area contributed by atoms with E-state index in [0.29, 0.717) is 22.0 Å². The SMILES string of the molecule is CCC(C)NC(=O)C(Cc1ccccc1)N(Cc1ccc(Cl)cc1Cl)C(=O)CCCN(c1cccc(C(F)(F)F)c1)S(C)(=O)=O. The van der Waals surface area contributed by atoms with Gasteiger partial charge >= 0.3 is 6.18 Å². The number of amides is 2. The second-order valence-electron chi connectivity index (χ2n) is 10.8. The number of hydrogen-bond donors (Lipinski definition) is 1. The van der Waals surface area contributed by atoms with Crippen molar-refractivity contribution in [1.82, 2.24) is 10.2 Å². The Hall–Kier alpha value is -3.28. The van der Waals surface area contributed by atoms with Gasteiger partial charge in [-0.25, -0.2) is 8.42 Å². The lowest BCUT2D eigenvalue weighted by Crippen LogP contribution is -2.52. The van der Waals surface area contributed by atoms with E-state index in [1.807, 2.05) is 44.2 Å². The molecule has 3 aromatic rings. The van der Waals surface area contributed by atoms with Crippen LogP contribution in [0.15, 0.2) is 72.8 Å². The molecule has 2 atom stereocenters. The second kappa shape index (κ2) is 15.8. The number of rotatable bonds is 14. The summed E-state index contributed by atoms with van der Waals surface area (Å²) in [6.45, 7) is 3.48. The van der Waals surface area contributed by atoms with Crippen LogP contribution in [0.4, 0.5) is 18.9 Å². The Kier molecular flexibility index (Phi) is 12.7. The summed E-state index contributed by atoms with van der Waals surface area (Å²) < 4.78 is 66.1. The third-order valence-corrected chi connectivity index (χ3v) is 9.02. The molecular formula is C32H36Cl2F3N3O4S. The fourth-order valence-electron chi connectivity index (χ4n) is 4.67. The molecule has 3 aromatic carbocycles. The van der Waals surface area contributed by atoms with E-state index in [-0.39, 0.29) is 50.0 Å². The number of alkyl halides is 3. The van der Waals surface area contributed by atoms with Gasteiger partial charge in [-0.05, 0) is 61.2 Å². The molecule has 2 amide bonds. The number of benzene rings is 3. The van der Waals surface area contributed by atoms with Crippen molar-refractivity contribution in [3.05, 3.63) is 99.5 Å². The van der Waals surface area contributed by atoms with E-state index in [1.165, 1.54) is 17.0 Å². The summed E-state index contributed by atoms with van der Waals surface area (Å²) in [5.74, 6) is -0.827. The van der Waals surface area contributed by atoms with E-state index in [0.717, 1.165) is 34.3 Å². The van der Waals surface area contributed by atoms with Gasteiger partial charge in [-0.1, -0.05) is 72.6 Å².